The maximum absolute atomic E-state index is 12.3. The van der Waals surface area contributed by atoms with E-state index in [0.29, 0.717) is 28.6 Å². The predicted octanol–water partition coefficient (Wildman–Crippen LogP) is 1.53. The van der Waals surface area contributed by atoms with Gasteiger partial charge in [0.15, 0.2) is 6.29 Å². The fourth-order valence-electron chi connectivity index (χ4n) is 3.27. The molecule has 0 spiro atoms. The molecule has 2 rings (SSSR count). The van der Waals surface area contributed by atoms with Crippen LogP contribution >= 0.6 is 0 Å². The molecule has 7 heteroatoms. The van der Waals surface area contributed by atoms with Crippen LogP contribution in [0.4, 0.5) is 0 Å². The first kappa shape index (κ1) is 18.6. The molecule has 0 saturated carbocycles. The van der Waals surface area contributed by atoms with Gasteiger partial charge < -0.3 is 15.2 Å². The summed E-state index contributed by atoms with van der Waals surface area (Å²) >= 11 is 0. The number of nitrogens with one attached hydrogen (secondary N) is 3. The number of hydrogen-bond donors (Lipinski definition) is 3. The number of aromatic nitrogens is 1. The van der Waals surface area contributed by atoms with Gasteiger partial charge in [0.25, 0.3) is 5.91 Å². The van der Waals surface area contributed by atoms with Crippen LogP contribution in [0.3, 0.4) is 0 Å². The second-order valence-corrected chi connectivity index (χ2v) is 6.47. The molecule has 1 aromatic rings. The first-order chi connectivity index (χ1) is 11.4. The van der Waals surface area contributed by atoms with Crippen LogP contribution in [-0.4, -0.2) is 54.5 Å². The zero-order valence-electron chi connectivity index (χ0n) is 14.9. The molecule has 2 atom stereocenters. The van der Waals surface area contributed by atoms with Gasteiger partial charge in [-0.05, 0) is 59.2 Å². The van der Waals surface area contributed by atoms with Crippen LogP contribution < -0.4 is 10.8 Å². The fourth-order valence-corrected chi connectivity index (χ4v) is 3.27. The van der Waals surface area contributed by atoms with Gasteiger partial charge >= 0.3 is 0 Å². The van der Waals surface area contributed by atoms with Crippen molar-refractivity contribution < 1.29 is 14.4 Å². The first-order valence-electron chi connectivity index (χ1n) is 8.48. The molecule has 1 saturated heterocycles. The molecule has 1 aliphatic heterocycles. The highest BCUT2D eigenvalue weighted by Crippen LogP contribution is 2.17. The average Bonchev–Trinajstić information content (AvgIpc) is 3.06. The largest absolute Gasteiger partial charge is 0.356 e. The van der Waals surface area contributed by atoms with E-state index in [0.717, 1.165) is 25.8 Å². The Morgan fingerprint density at radius 2 is 2.25 bits per heavy atom. The Labute approximate surface area is 143 Å². The van der Waals surface area contributed by atoms with Crippen molar-refractivity contribution in [2.45, 2.75) is 52.3 Å². The molecule has 1 amide bonds. The number of aryl methyl sites for hydroxylation is 1. The van der Waals surface area contributed by atoms with E-state index in [2.05, 4.69) is 27.7 Å². The van der Waals surface area contributed by atoms with E-state index in [1.807, 2.05) is 0 Å². The van der Waals surface area contributed by atoms with Gasteiger partial charge in [0.05, 0.1) is 11.3 Å². The standard InChI is InChI=1S/C17H28N4O3/c1-11-15(10-22)19-12(2)16(11)17(23)20-13(3)24-18-8-7-14-6-5-9-21(14)4/h10,13-14,18-19H,5-9H2,1-4H3,(H,20,23). The molecule has 24 heavy (non-hydrogen) atoms. The Kier molecular flexibility index (Phi) is 6.53. The Balaban J connectivity index is 1.75. The number of carbonyl (C=O) groups excluding carboxylic acids is 2. The summed E-state index contributed by atoms with van der Waals surface area (Å²) in [6.07, 6.45) is 3.77. The molecule has 0 bridgehead atoms. The lowest BCUT2D eigenvalue weighted by Gasteiger charge is -2.20. The summed E-state index contributed by atoms with van der Waals surface area (Å²) in [5.74, 6) is -0.251. The molecule has 1 aromatic heterocycles. The zero-order valence-corrected chi connectivity index (χ0v) is 14.9. The molecule has 2 unspecified atom stereocenters. The molecule has 0 radical (unpaired) electrons. The summed E-state index contributed by atoms with van der Waals surface area (Å²) < 4.78 is 0. The van der Waals surface area contributed by atoms with Gasteiger partial charge in [0.1, 0.15) is 6.23 Å². The molecule has 2 heterocycles. The third-order valence-electron chi connectivity index (χ3n) is 4.67. The van der Waals surface area contributed by atoms with E-state index >= 15 is 0 Å². The van der Waals surface area contributed by atoms with Gasteiger partial charge in [-0.3, -0.25) is 14.4 Å². The quantitative estimate of drug-likeness (QED) is 0.290. The minimum atomic E-state index is -0.466. The first-order valence-corrected chi connectivity index (χ1v) is 8.48. The topological polar surface area (TPSA) is 86.5 Å². The summed E-state index contributed by atoms with van der Waals surface area (Å²) in [6.45, 7) is 7.20. The van der Waals surface area contributed by atoms with Gasteiger partial charge in [-0.15, -0.1) is 0 Å². The number of likely N-dealkylation sites (tertiary alicyclic amines) is 1. The lowest BCUT2D eigenvalue weighted by atomic mass is 10.1. The van der Waals surface area contributed by atoms with Crippen molar-refractivity contribution in [1.82, 2.24) is 20.7 Å². The van der Waals surface area contributed by atoms with Crippen molar-refractivity contribution in [3.8, 4) is 0 Å². The molecular formula is C17H28N4O3. The molecular weight excluding hydrogens is 308 g/mol. The van der Waals surface area contributed by atoms with Crippen molar-refractivity contribution >= 4 is 12.2 Å². The van der Waals surface area contributed by atoms with Crippen molar-refractivity contribution in [3.63, 3.8) is 0 Å². The Hall–Kier alpha value is -1.70. The number of carbonyl (C=O) groups is 2. The van der Waals surface area contributed by atoms with Crippen molar-refractivity contribution in [1.29, 1.82) is 0 Å². The predicted molar refractivity (Wildman–Crippen MR) is 91.9 cm³/mol. The van der Waals surface area contributed by atoms with E-state index in [-0.39, 0.29) is 5.91 Å². The zero-order chi connectivity index (χ0) is 17.7. The second kappa shape index (κ2) is 8.41. The maximum atomic E-state index is 12.3. The number of hydrogen-bond acceptors (Lipinski definition) is 5. The Morgan fingerprint density at radius 3 is 2.83 bits per heavy atom. The highest BCUT2D eigenvalue weighted by Gasteiger charge is 2.21. The SMILES string of the molecule is Cc1[nH]c(C=O)c(C)c1C(=O)NC(C)ONCCC1CCCN1C. The van der Waals surface area contributed by atoms with Crippen molar-refractivity contribution in [2.24, 2.45) is 0 Å². The van der Waals surface area contributed by atoms with Gasteiger partial charge in [-0.2, -0.15) is 0 Å². The molecule has 0 aromatic carbocycles. The summed E-state index contributed by atoms with van der Waals surface area (Å²) in [4.78, 5) is 34.0. The van der Waals surface area contributed by atoms with Crippen molar-refractivity contribution in [3.05, 3.63) is 22.5 Å². The number of nitrogens with zero attached hydrogens (tertiary/aromatic N) is 1. The lowest BCUT2D eigenvalue weighted by Crippen LogP contribution is -2.39. The minimum absolute atomic E-state index is 0.251. The highest BCUT2D eigenvalue weighted by atomic mass is 16.7. The smallest absolute Gasteiger partial charge is 0.255 e. The summed E-state index contributed by atoms with van der Waals surface area (Å²) in [5, 5.41) is 2.78. The second-order valence-electron chi connectivity index (χ2n) is 6.47. The number of hydroxylamine groups is 1. The average molecular weight is 336 g/mol. The lowest BCUT2D eigenvalue weighted by molar-refractivity contribution is -0.0305. The number of aldehydes is 1. The van der Waals surface area contributed by atoms with Crippen LogP contribution in [0.2, 0.25) is 0 Å². The van der Waals surface area contributed by atoms with Crippen LogP contribution in [-0.2, 0) is 4.84 Å². The van der Waals surface area contributed by atoms with Crippen LogP contribution in [0.1, 0.15) is 58.3 Å². The van der Waals surface area contributed by atoms with Gasteiger partial charge in [-0.1, -0.05) is 0 Å². The minimum Gasteiger partial charge on any atom is -0.356 e. The van der Waals surface area contributed by atoms with Gasteiger partial charge in [0, 0.05) is 18.3 Å². The van der Waals surface area contributed by atoms with Crippen LogP contribution in [0, 0.1) is 13.8 Å². The van der Waals surface area contributed by atoms with Crippen molar-refractivity contribution in [2.75, 3.05) is 20.1 Å². The molecule has 0 aliphatic carbocycles. The van der Waals surface area contributed by atoms with E-state index in [4.69, 9.17) is 4.84 Å². The van der Waals surface area contributed by atoms with E-state index < -0.39 is 6.23 Å². The summed E-state index contributed by atoms with van der Waals surface area (Å²) in [5.41, 5.74) is 5.20. The summed E-state index contributed by atoms with van der Waals surface area (Å²) in [6, 6.07) is 0.609. The van der Waals surface area contributed by atoms with Crippen LogP contribution in [0.15, 0.2) is 0 Å². The maximum Gasteiger partial charge on any atom is 0.255 e. The third kappa shape index (κ3) is 4.43. The van der Waals surface area contributed by atoms with E-state index in [1.54, 1.807) is 20.8 Å². The number of amides is 1. The molecule has 3 N–H and O–H groups in total. The number of aromatic amines is 1. The van der Waals surface area contributed by atoms with E-state index in [9.17, 15) is 9.59 Å². The molecule has 1 aliphatic rings. The molecule has 134 valence electrons. The van der Waals surface area contributed by atoms with E-state index in [1.165, 1.54) is 12.8 Å². The molecule has 1 fully saturated rings. The number of rotatable bonds is 8. The third-order valence-corrected chi connectivity index (χ3v) is 4.67. The Morgan fingerprint density at radius 1 is 1.50 bits per heavy atom. The molecule has 7 nitrogen and oxygen atoms in total. The number of H-pyrrole nitrogens is 1. The highest BCUT2D eigenvalue weighted by molar-refractivity contribution is 5.99. The van der Waals surface area contributed by atoms with Crippen LogP contribution in [0.25, 0.3) is 0 Å². The summed E-state index contributed by atoms with van der Waals surface area (Å²) in [7, 11) is 2.15. The van der Waals surface area contributed by atoms with Gasteiger partial charge in [-0.25, -0.2) is 5.48 Å². The van der Waals surface area contributed by atoms with Gasteiger partial charge in [0.2, 0.25) is 0 Å². The fraction of sp³-hybridized carbons (Fsp3) is 0.647. The Bertz CT molecular complexity index is 585. The monoisotopic (exact) mass is 336 g/mol. The van der Waals surface area contributed by atoms with Crippen LogP contribution in [0.5, 0.6) is 0 Å². The normalized spacial score (nSPS) is 19.4.